The number of amides is 1. The van der Waals surface area contributed by atoms with Crippen molar-refractivity contribution in [3.05, 3.63) is 68.3 Å². The Morgan fingerprint density at radius 3 is 2.10 bits per heavy atom. The van der Waals surface area contributed by atoms with E-state index in [-0.39, 0.29) is 16.9 Å². The Balaban J connectivity index is 1.76. The lowest BCUT2D eigenvalue weighted by Crippen LogP contribution is -2.43. The lowest BCUT2D eigenvalue weighted by Gasteiger charge is -2.31. The monoisotopic (exact) mass is 447 g/mol. The smallest absolute Gasteiger partial charge is 0.277 e. The third-order valence-electron chi connectivity index (χ3n) is 4.95. The van der Waals surface area contributed by atoms with Gasteiger partial charge in [0.1, 0.15) is 0 Å². The number of nitrogens with one attached hydrogen (secondary N) is 1. The first-order valence-corrected chi connectivity index (χ1v) is 11.5. The lowest BCUT2D eigenvalue weighted by molar-refractivity contribution is -0.394. The molecule has 2 atom stereocenters. The van der Waals surface area contributed by atoms with Gasteiger partial charge in [-0.2, -0.15) is 0 Å². The zero-order valence-electron chi connectivity index (χ0n) is 16.3. The van der Waals surface area contributed by atoms with E-state index in [2.05, 4.69) is 29.6 Å². The van der Waals surface area contributed by atoms with Crippen molar-refractivity contribution in [1.82, 2.24) is 5.32 Å². The average molecular weight is 448 g/mol. The number of carbonyl (C=O) groups is 1. The van der Waals surface area contributed by atoms with Crippen molar-refractivity contribution in [2.75, 3.05) is 6.26 Å². The van der Waals surface area contributed by atoms with Crippen molar-refractivity contribution in [2.45, 2.75) is 46.8 Å². The third kappa shape index (κ3) is 5.51. The molecule has 0 aliphatic heterocycles. The van der Waals surface area contributed by atoms with E-state index in [4.69, 9.17) is 0 Å². The van der Waals surface area contributed by atoms with Crippen molar-refractivity contribution >= 4 is 40.8 Å². The van der Waals surface area contributed by atoms with Crippen LogP contribution in [-0.4, -0.2) is 33.3 Å². The van der Waals surface area contributed by atoms with Gasteiger partial charge in [0.15, 0.2) is 0 Å². The predicted molar refractivity (Wildman–Crippen MR) is 117 cm³/mol. The second-order valence-electron chi connectivity index (χ2n) is 6.95. The number of carbonyl (C=O) groups excluding carboxylic acids is 1. The molecule has 0 heterocycles. The molecule has 1 aliphatic carbocycles. The summed E-state index contributed by atoms with van der Waals surface area (Å²) in [6, 6.07) is 11.1. The summed E-state index contributed by atoms with van der Waals surface area (Å²) < 4.78 is 0. The lowest BCUT2D eigenvalue weighted by atomic mass is 9.94. The zero-order chi connectivity index (χ0) is 21.7. The highest BCUT2D eigenvalue weighted by atomic mass is 32.2. The molecule has 0 bridgehead atoms. The fraction of sp³-hybridized carbons (Fsp3) is 0.350. The Morgan fingerprint density at radius 2 is 1.53 bits per heavy atom. The Kier molecular flexibility index (Phi) is 7.33. The molecule has 30 heavy (non-hydrogen) atoms. The highest BCUT2D eigenvalue weighted by Gasteiger charge is 2.29. The van der Waals surface area contributed by atoms with E-state index in [1.807, 2.05) is 6.26 Å². The maximum absolute atomic E-state index is 12.8. The minimum Gasteiger partial charge on any atom is -0.348 e. The van der Waals surface area contributed by atoms with E-state index < -0.39 is 27.1 Å². The van der Waals surface area contributed by atoms with Crippen molar-refractivity contribution in [3.63, 3.8) is 0 Å². The zero-order valence-corrected chi connectivity index (χ0v) is 17.9. The molecule has 0 saturated heterocycles. The second-order valence-corrected chi connectivity index (χ2v) is 9.14. The summed E-state index contributed by atoms with van der Waals surface area (Å²) in [5, 5.41) is 25.3. The van der Waals surface area contributed by atoms with Crippen LogP contribution in [-0.2, 0) is 0 Å². The number of benzene rings is 2. The topological polar surface area (TPSA) is 115 Å². The van der Waals surface area contributed by atoms with Crippen LogP contribution in [0.2, 0.25) is 0 Å². The van der Waals surface area contributed by atoms with E-state index in [0.717, 1.165) is 48.8 Å². The number of nitro benzene ring substituents is 2. The number of non-ortho nitro benzene ring substituents is 2. The van der Waals surface area contributed by atoms with Crippen LogP contribution in [0, 0.1) is 20.2 Å². The minimum atomic E-state index is -0.735. The number of hydrogen-bond acceptors (Lipinski definition) is 7. The normalized spacial score (nSPS) is 18.6. The molecule has 1 fully saturated rings. The van der Waals surface area contributed by atoms with Gasteiger partial charge >= 0.3 is 0 Å². The fourth-order valence-electron chi connectivity index (χ4n) is 3.42. The van der Waals surface area contributed by atoms with Crippen LogP contribution in [0.3, 0.4) is 0 Å². The van der Waals surface area contributed by atoms with Crippen molar-refractivity contribution in [1.29, 1.82) is 0 Å². The standard InChI is InChI=1S/C20H21N3O5S2/c1-29-16-6-8-17(9-7-16)30-19-5-3-2-4-18(19)21-20(24)13-10-14(22(25)26)12-15(11-13)23(27)28/h6-12,18-19H,2-5H2,1H3,(H,21,24)/t18-,19-/m1/s1. The largest absolute Gasteiger partial charge is 0.348 e. The van der Waals surface area contributed by atoms with Crippen LogP contribution in [0.4, 0.5) is 11.4 Å². The second kappa shape index (κ2) is 9.94. The van der Waals surface area contributed by atoms with Gasteiger partial charge in [0, 0.05) is 33.2 Å². The number of thioether (sulfide) groups is 2. The summed E-state index contributed by atoms with van der Waals surface area (Å²) in [7, 11) is 0. The molecule has 3 rings (SSSR count). The molecule has 8 nitrogen and oxygen atoms in total. The first-order chi connectivity index (χ1) is 14.4. The predicted octanol–water partition coefficient (Wildman–Crippen LogP) is 5.06. The van der Waals surface area contributed by atoms with Gasteiger partial charge in [-0.05, 0) is 43.4 Å². The summed E-state index contributed by atoms with van der Waals surface area (Å²) >= 11 is 3.38. The van der Waals surface area contributed by atoms with E-state index in [1.54, 1.807) is 23.5 Å². The van der Waals surface area contributed by atoms with E-state index in [0.29, 0.717) is 0 Å². The molecule has 2 aromatic carbocycles. The Bertz CT molecular complexity index is 920. The molecule has 158 valence electrons. The van der Waals surface area contributed by atoms with Crippen LogP contribution in [0.5, 0.6) is 0 Å². The van der Waals surface area contributed by atoms with Gasteiger partial charge < -0.3 is 5.32 Å². The Hall–Kier alpha value is -2.59. The summed E-state index contributed by atoms with van der Waals surface area (Å²) in [4.78, 5) is 35.8. The number of hydrogen-bond donors (Lipinski definition) is 1. The molecule has 1 N–H and O–H groups in total. The molecule has 0 spiro atoms. The van der Waals surface area contributed by atoms with Crippen LogP contribution in [0.25, 0.3) is 0 Å². The maximum atomic E-state index is 12.8. The van der Waals surface area contributed by atoms with E-state index >= 15 is 0 Å². The SMILES string of the molecule is CSc1ccc(S[C@@H]2CCCC[C@H]2NC(=O)c2cc([N+](=O)[O-])cc([N+](=O)[O-])c2)cc1. The van der Waals surface area contributed by atoms with E-state index in [1.165, 1.54) is 4.90 Å². The highest BCUT2D eigenvalue weighted by molar-refractivity contribution is 8.00. The Morgan fingerprint density at radius 1 is 0.967 bits per heavy atom. The minimum absolute atomic E-state index is 0.0745. The molecule has 1 aliphatic rings. The summed E-state index contributed by atoms with van der Waals surface area (Å²) in [5.74, 6) is -0.531. The molecule has 2 aromatic rings. The van der Waals surface area contributed by atoms with Crippen LogP contribution in [0.15, 0.2) is 52.3 Å². The molecular weight excluding hydrogens is 426 g/mol. The number of rotatable bonds is 7. The van der Waals surface area contributed by atoms with Gasteiger partial charge in [0.25, 0.3) is 17.3 Å². The number of nitro groups is 2. The molecule has 1 saturated carbocycles. The van der Waals surface area contributed by atoms with Gasteiger partial charge in [-0.25, -0.2) is 0 Å². The highest BCUT2D eigenvalue weighted by Crippen LogP contribution is 2.35. The van der Waals surface area contributed by atoms with Crippen LogP contribution >= 0.6 is 23.5 Å². The fourth-order valence-corrected chi connectivity index (χ4v) is 5.12. The van der Waals surface area contributed by atoms with Gasteiger partial charge in [-0.1, -0.05) is 12.8 Å². The van der Waals surface area contributed by atoms with Gasteiger partial charge in [0.2, 0.25) is 0 Å². The van der Waals surface area contributed by atoms with Gasteiger partial charge in [-0.15, -0.1) is 23.5 Å². The molecule has 0 aromatic heterocycles. The molecule has 0 unspecified atom stereocenters. The summed E-state index contributed by atoms with van der Waals surface area (Å²) in [6.07, 6.45) is 5.79. The first kappa shape index (κ1) is 22.1. The number of nitrogens with zero attached hydrogens (tertiary/aromatic N) is 2. The average Bonchev–Trinajstić information content (AvgIpc) is 2.75. The molecular formula is C20H21N3O5S2. The van der Waals surface area contributed by atoms with Crippen LogP contribution in [0.1, 0.15) is 36.0 Å². The van der Waals surface area contributed by atoms with Crippen molar-refractivity contribution in [2.24, 2.45) is 0 Å². The third-order valence-corrected chi connectivity index (χ3v) is 7.11. The van der Waals surface area contributed by atoms with Gasteiger partial charge in [0.05, 0.1) is 21.5 Å². The summed E-state index contributed by atoms with van der Waals surface area (Å²) in [5.41, 5.74) is -1.02. The first-order valence-electron chi connectivity index (χ1n) is 9.43. The van der Waals surface area contributed by atoms with Crippen LogP contribution < -0.4 is 5.32 Å². The molecule has 10 heteroatoms. The molecule has 0 radical (unpaired) electrons. The molecule has 1 amide bonds. The quantitative estimate of drug-likeness (QED) is 0.358. The Labute approximate surface area is 182 Å². The van der Waals surface area contributed by atoms with Crippen molar-refractivity contribution in [3.8, 4) is 0 Å². The van der Waals surface area contributed by atoms with Crippen molar-refractivity contribution < 1.29 is 14.6 Å². The summed E-state index contributed by atoms with van der Waals surface area (Å²) in [6.45, 7) is 0. The van der Waals surface area contributed by atoms with E-state index in [9.17, 15) is 25.0 Å². The van der Waals surface area contributed by atoms with Gasteiger partial charge in [-0.3, -0.25) is 25.0 Å². The maximum Gasteiger partial charge on any atom is 0.277 e.